The van der Waals surface area contributed by atoms with Crippen LogP contribution in [0.2, 0.25) is 10.0 Å². The Morgan fingerprint density at radius 2 is 1.73 bits per heavy atom. The van der Waals surface area contributed by atoms with Gasteiger partial charge in [0.25, 0.3) is 5.91 Å². The molecule has 10 heteroatoms. The highest BCUT2D eigenvalue weighted by Gasteiger charge is 2.50. The highest BCUT2D eigenvalue weighted by atomic mass is 35.5. The molecule has 2 N–H and O–H groups in total. The third kappa shape index (κ3) is 5.74. The molecule has 0 bridgehead atoms. The van der Waals surface area contributed by atoms with E-state index in [-0.39, 0.29) is 33.5 Å². The Bertz CT molecular complexity index is 1420. The standard InChI is InChI=1S/C31H31Cl2F3N4O/c1-19(10-13-39-29(41)27-25(32)17-38-18-26(27)33)40-14-11-22(12-15-40)30(16-20-4-2-3-5-24(20)28(30)37)21-6-8-23(9-7-21)31(34,35)36/h2-9,17-19,22,37H,10-16H2,1H3,(H,39,41). The van der Waals surface area contributed by atoms with Crippen molar-refractivity contribution in [3.8, 4) is 0 Å². The SMILES string of the molecule is CC(CCNC(=O)c1c(Cl)cncc1Cl)N1CCC(C2(c3ccc(C(F)(F)F)cc3)Cc3ccccc3C2=N)CC1. The number of likely N-dealkylation sites (tertiary alicyclic amines) is 1. The first-order valence-electron chi connectivity index (χ1n) is 13.7. The van der Waals surface area contributed by atoms with Crippen molar-refractivity contribution in [3.05, 3.63) is 98.8 Å². The predicted octanol–water partition coefficient (Wildman–Crippen LogP) is 7.19. The smallest absolute Gasteiger partial charge is 0.352 e. The number of rotatable bonds is 7. The third-order valence-electron chi connectivity index (χ3n) is 8.71. The number of alkyl halides is 3. The summed E-state index contributed by atoms with van der Waals surface area (Å²) in [6, 6.07) is 13.5. The van der Waals surface area contributed by atoms with Crippen LogP contribution in [0.5, 0.6) is 0 Å². The van der Waals surface area contributed by atoms with Crippen molar-refractivity contribution >= 4 is 34.8 Å². The minimum atomic E-state index is -4.41. The zero-order valence-electron chi connectivity index (χ0n) is 22.6. The van der Waals surface area contributed by atoms with E-state index in [1.54, 1.807) is 12.1 Å². The van der Waals surface area contributed by atoms with Gasteiger partial charge in [0.1, 0.15) is 0 Å². The van der Waals surface area contributed by atoms with Gasteiger partial charge in [-0.2, -0.15) is 13.2 Å². The average molecular weight is 604 g/mol. The van der Waals surface area contributed by atoms with E-state index < -0.39 is 17.2 Å². The first-order chi connectivity index (χ1) is 19.5. The molecule has 0 spiro atoms. The summed E-state index contributed by atoms with van der Waals surface area (Å²) in [6.45, 7) is 4.17. The van der Waals surface area contributed by atoms with Crippen LogP contribution >= 0.6 is 23.2 Å². The second-order valence-electron chi connectivity index (χ2n) is 10.9. The molecule has 1 aliphatic heterocycles. The number of fused-ring (bicyclic) bond motifs is 1. The van der Waals surface area contributed by atoms with Crippen molar-refractivity contribution in [2.24, 2.45) is 5.92 Å². The molecular formula is C31H31Cl2F3N4O. The van der Waals surface area contributed by atoms with Gasteiger partial charge in [0.05, 0.1) is 26.9 Å². The summed E-state index contributed by atoms with van der Waals surface area (Å²) in [5.74, 6) is -0.232. The van der Waals surface area contributed by atoms with Crippen molar-refractivity contribution in [1.82, 2.24) is 15.2 Å². The molecule has 1 fully saturated rings. The van der Waals surface area contributed by atoms with E-state index in [0.29, 0.717) is 18.7 Å². The van der Waals surface area contributed by atoms with E-state index >= 15 is 0 Å². The lowest BCUT2D eigenvalue weighted by Crippen LogP contribution is -2.49. The van der Waals surface area contributed by atoms with Gasteiger partial charge in [0, 0.05) is 30.4 Å². The quantitative estimate of drug-likeness (QED) is 0.301. The average Bonchev–Trinajstić information content (AvgIpc) is 3.26. The highest BCUT2D eigenvalue weighted by molar-refractivity contribution is 6.39. The number of nitrogens with one attached hydrogen (secondary N) is 2. The molecule has 2 atom stereocenters. The lowest BCUT2D eigenvalue weighted by atomic mass is 9.63. The Labute approximate surface area is 247 Å². The van der Waals surface area contributed by atoms with E-state index in [1.165, 1.54) is 12.4 Å². The van der Waals surface area contributed by atoms with Crippen LogP contribution in [0.1, 0.15) is 58.8 Å². The molecule has 0 saturated carbocycles. The number of aromatic nitrogens is 1. The van der Waals surface area contributed by atoms with Crippen LogP contribution in [-0.2, 0) is 18.0 Å². The summed E-state index contributed by atoms with van der Waals surface area (Å²) < 4.78 is 40.0. The molecule has 216 valence electrons. The van der Waals surface area contributed by atoms with Gasteiger partial charge in [-0.15, -0.1) is 0 Å². The monoisotopic (exact) mass is 602 g/mol. The molecule has 2 heterocycles. The molecule has 5 nitrogen and oxygen atoms in total. The van der Waals surface area contributed by atoms with Crippen LogP contribution in [0.4, 0.5) is 13.2 Å². The number of carbonyl (C=O) groups excluding carboxylic acids is 1. The van der Waals surface area contributed by atoms with Crippen LogP contribution in [0.25, 0.3) is 0 Å². The lowest BCUT2D eigenvalue weighted by Gasteiger charge is -2.45. The molecule has 5 rings (SSSR count). The summed E-state index contributed by atoms with van der Waals surface area (Å²) in [7, 11) is 0. The van der Waals surface area contributed by atoms with Crippen molar-refractivity contribution in [3.63, 3.8) is 0 Å². The van der Waals surface area contributed by atoms with Gasteiger partial charge in [0.15, 0.2) is 0 Å². The number of amides is 1. The maximum absolute atomic E-state index is 13.3. The first kappa shape index (κ1) is 29.5. The van der Waals surface area contributed by atoms with Gasteiger partial charge >= 0.3 is 6.18 Å². The number of hydrogen-bond acceptors (Lipinski definition) is 4. The van der Waals surface area contributed by atoms with Gasteiger partial charge in [-0.05, 0) is 80.4 Å². The zero-order chi connectivity index (χ0) is 29.4. The van der Waals surface area contributed by atoms with Crippen LogP contribution < -0.4 is 5.32 Å². The number of pyridine rings is 1. The maximum atomic E-state index is 13.3. The summed E-state index contributed by atoms with van der Waals surface area (Å²) in [6.07, 6.45) is 1.33. The zero-order valence-corrected chi connectivity index (χ0v) is 24.1. The summed E-state index contributed by atoms with van der Waals surface area (Å²) in [5.41, 5.74) is 2.09. The van der Waals surface area contributed by atoms with Gasteiger partial charge in [-0.3, -0.25) is 9.78 Å². The number of piperidine rings is 1. The van der Waals surface area contributed by atoms with E-state index in [4.69, 9.17) is 23.2 Å². The number of halogens is 5. The second-order valence-corrected chi connectivity index (χ2v) is 11.8. The Balaban J connectivity index is 1.27. The molecular weight excluding hydrogens is 572 g/mol. The molecule has 1 aromatic heterocycles. The van der Waals surface area contributed by atoms with Crippen molar-refractivity contribution in [2.75, 3.05) is 19.6 Å². The number of benzene rings is 2. The fourth-order valence-corrected chi connectivity index (χ4v) is 7.00. The highest BCUT2D eigenvalue weighted by Crippen LogP contribution is 2.49. The largest absolute Gasteiger partial charge is 0.416 e. The molecule has 2 aliphatic rings. The normalized spacial score (nSPS) is 20.6. The van der Waals surface area contributed by atoms with Crippen molar-refractivity contribution in [2.45, 2.75) is 50.2 Å². The van der Waals surface area contributed by atoms with Crippen molar-refractivity contribution < 1.29 is 18.0 Å². The Morgan fingerprint density at radius 3 is 2.34 bits per heavy atom. The fourth-order valence-electron chi connectivity index (χ4n) is 6.46. The van der Waals surface area contributed by atoms with Crippen molar-refractivity contribution in [1.29, 1.82) is 5.41 Å². The minimum Gasteiger partial charge on any atom is -0.352 e. The van der Waals surface area contributed by atoms with Gasteiger partial charge in [-0.25, -0.2) is 0 Å². The lowest BCUT2D eigenvalue weighted by molar-refractivity contribution is -0.137. The number of nitrogens with zero attached hydrogens (tertiary/aromatic N) is 2. The summed E-state index contributed by atoms with van der Waals surface area (Å²) in [5, 5.41) is 12.5. The van der Waals surface area contributed by atoms with Gasteiger partial charge in [-0.1, -0.05) is 59.6 Å². The van der Waals surface area contributed by atoms with E-state index in [1.807, 2.05) is 24.3 Å². The molecule has 3 aromatic rings. The Morgan fingerprint density at radius 1 is 1.10 bits per heavy atom. The Hall–Kier alpha value is -2.94. The molecule has 41 heavy (non-hydrogen) atoms. The van der Waals surface area contributed by atoms with Crippen LogP contribution in [0.15, 0.2) is 60.9 Å². The number of carbonyl (C=O) groups is 1. The predicted molar refractivity (Wildman–Crippen MR) is 155 cm³/mol. The molecule has 2 aromatic carbocycles. The molecule has 1 saturated heterocycles. The van der Waals surface area contributed by atoms with Crippen LogP contribution in [-0.4, -0.2) is 47.2 Å². The fraction of sp³-hybridized carbons (Fsp3) is 0.387. The molecule has 0 radical (unpaired) electrons. The van der Waals surface area contributed by atoms with Crippen LogP contribution in [0, 0.1) is 11.3 Å². The minimum absolute atomic E-state index is 0.110. The maximum Gasteiger partial charge on any atom is 0.416 e. The third-order valence-corrected chi connectivity index (χ3v) is 9.28. The second kappa shape index (κ2) is 11.7. The summed E-state index contributed by atoms with van der Waals surface area (Å²) in [4.78, 5) is 18.9. The topological polar surface area (TPSA) is 69.1 Å². The Kier molecular flexibility index (Phi) is 8.46. The van der Waals surface area contributed by atoms with E-state index in [2.05, 4.69) is 22.1 Å². The molecule has 1 amide bonds. The van der Waals surface area contributed by atoms with Gasteiger partial charge < -0.3 is 15.6 Å². The summed E-state index contributed by atoms with van der Waals surface area (Å²) >= 11 is 12.2. The number of hydrogen-bond donors (Lipinski definition) is 2. The van der Waals surface area contributed by atoms with Gasteiger partial charge in [0.2, 0.25) is 0 Å². The van der Waals surface area contributed by atoms with E-state index in [9.17, 15) is 23.4 Å². The first-order valence-corrected chi connectivity index (χ1v) is 14.4. The molecule has 2 unspecified atom stereocenters. The molecule has 1 aliphatic carbocycles. The van der Waals surface area contributed by atoms with Crippen LogP contribution in [0.3, 0.4) is 0 Å². The van der Waals surface area contributed by atoms with E-state index in [0.717, 1.165) is 61.2 Å².